The molecule has 4 heteroatoms. The quantitative estimate of drug-likeness (QED) is 0.119. The molecule has 66 heavy (non-hydrogen) atoms. The summed E-state index contributed by atoms with van der Waals surface area (Å²) >= 11 is 0. The zero-order valence-corrected chi connectivity index (χ0v) is 35.7. The first-order valence-corrected chi connectivity index (χ1v) is 22.1. The van der Waals surface area contributed by atoms with Crippen molar-refractivity contribution in [2.75, 3.05) is 0 Å². The molecule has 0 N–H and O–H groups in total. The standard InChI is InChI=1S/C62H38N4/c1-63-50-34-35-53(46-20-11-21-47(36-46)55-27-13-18-43-32-30-41-15-6-8-25-54(41)59(43)55)58(39-50)48-22-12-19-45(37-48)52-24-9-10-26-56(52)62-65-60(44-16-3-2-4-17-44)64-61(66-62)49-33-31-42-29-28-40-14-5-7-23-51(40)57(42)38-49/h2-39H. The van der Waals surface area contributed by atoms with E-state index in [2.05, 4.69) is 187 Å². The first-order valence-electron chi connectivity index (χ1n) is 22.1. The predicted octanol–water partition coefficient (Wildman–Crippen LogP) is 16.7. The van der Waals surface area contributed by atoms with Crippen LogP contribution < -0.4 is 0 Å². The Balaban J connectivity index is 0.980. The Bertz CT molecular complexity index is 3900. The maximum absolute atomic E-state index is 8.01. The van der Waals surface area contributed by atoms with Crippen LogP contribution in [0.1, 0.15) is 0 Å². The fourth-order valence-corrected chi connectivity index (χ4v) is 9.51. The van der Waals surface area contributed by atoms with Crippen LogP contribution in [0.5, 0.6) is 0 Å². The maximum atomic E-state index is 8.01. The second-order valence-corrected chi connectivity index (χ2v) is 16.6. The molecular formula is C62H38N4. The molecular weight excluding hydrogens is 801 g/mol. The van der Waals surface area contributed by atoms with Gasteiger partial charge in [-0.2, -0.15) is 0 Å². The van der Waals surface area contributed by atoms with Crippen molar-refractivity contribution in [1.29, 1.82) is 0 Å². The van der Waals surface area contributed by atoms with Gasteiger partial charge < -0.3 is 0 Å². The number of aromatic nitrogens is 3. The van der Waals surface area contributed by atoms with Crippen molar-refractivity contribution in [3.63, 3.8) is 0 Å². The number of hydrogen-bond donors (Lipinski definition) is 0. The molecule has 4 nitrogen and oxygen atoms in total. The Kier molecular flexibility index (Phi) is 9.51. The summed E-state index contributed by atoms with van der Waals surface area (Å²) in [6, 6.07) is 80.7. The number of nitrogens with zero attached hydrogens (tertiary/aromatic N) is 4. The summed E-state index contributed by atoms with van der Waals surface area (Å²) in [4.78, 5) is 19.4. The molecule has 0 fully saturated rings. The first kappa shape index (κ1) is 38.6. The van der Waals surface area contributed by atoms with Crippen LogP contribution in [0.4, 0.5) is 5.69 Å². The van der Waals surface area contributed by atoms with Crippen LogP contribution in [0.15, 0.2) is 231 Å². The Hall–Kier alpha value is -9.04. The largest absolute Gasteiger partial charge is 0.238 e. The molecule has 0 unspecified atom stereocenters. The number of hydrogen-bond acceptors (Lipinski definition) is 3. The van der Waals surface area contributed by atoms with Gasteiger partial charge in [0.15, 0.2) is 23.2 Å². The minimum atomic E-state index is 0.587. The zero-order valence-electron chi connectivity index (χ0n) is 35.7. The van der Waals surface area contributed by atoms with Crippen molar-refractivity contribution < 1.29 is 0 Å². The van der Waals surface area contributed by atoms with E-state index < -0.39 is 0 Å². The highest BCUT2D eigenvalue weighted by Gasteiger charge is 2.18. The average Bonchev–Trinajstić information content (AvgIpc) is 3.40. The highest BCUT2D eigenvalue weighted by Crippen LogP contribution is 2.42. The molecule has 0 atom stereocenters. The Morgan fingerprint density at radius 1 is 0.273 bits per heavy atom. The molecule has 1 aromatic heterocycles. The van der Waals surface area contributed by atoms with Crippen molar-refractivity contribution in [2.24, 2.45) is 0 Å². The van der Waals surface area contributed by atoms with Crippen LogP contribution in [0.25, 0.3) is 127 Å². The summed E-state index contributed by atoms with van der Waals surface area (Å²) in [5, 5.41) is 9.61. The van der Waals surface area contributed by atoms with Crippen LogP contribution in [0, 0.1) is 6.57 Å². The average molecular weight is 839 g/mol. The molecule has 0 aliphatic carbocycles. The van der Waals surface area contributed by atoms with Gasteiger partial charge in [0.2, 0.25) is 0 Å². The van der Waals surface area contributed by atoms with Gasteiger partial charge in [0, 0.05) is 16.7 Å². The van der Waals surface area contributed by atoms with E-state index in [1.54, 1.807) is 0 Å². The van der Waals surface area contributed by atoms with Gasteiger partial charge in [-0.15, -0.1) is 0 Å². The number of fused-ring (bicyclic) bond motifs is 6. The lowest BCUT2D eigenvalue weighted by Crippen LogP contribution is -2.01. The number of rotatable bonds is 7. The zero-order chi connectivity index (χ0) is 44.0. The van der Waals surface area contributed by atoms with E-state index in [0.29, 0.717) is 23.2 Å². The summed E-state index contributed by atoms with van der Waals surface area (Å²) in [6.07, 6.45) is 0. The monoisotopic (exact) mass is 838 g/mol. The van der Waals surface area contributed by atoms with Crippen molar-refractivity contribution in [3.05, 3.63) is 242 Å². The lowest BCUT2D eigenvalue weighted by Gasteiger charge is -2.16. The molecule has 0 amide bonds. The van der Waals surface area contributed by atoms with E-state index in [1.807, 2.05) is 48.5 Å². The van der Waals surface area contributed by atoms with Crippen molar-refractivity contribution in [3.8, 4) is 78.7 Å². The fraction of sp³-hybridized carbons (Fsp3) is 0. The highest BCUT2D eigenvalue weighted by molar-refractivity contribution is 6.14. The topological polar surface area (TPSA) is 43.0 Å². The molecule has 0 radical (unpaired) electrons. The Morgan fingerprint density at radius 3 is 1.50 bits per heavy atom. The summed E-state index contributed by atoms with van der Waals surface area (Å²) in [5.74, 6) is 1.81. The molecule has 306 valence electrons. The minimum Gasteiger partial charge on any atom is -0.238 e. The van der Waals surface area contributed by atoms with Crippen LogP contribution in [-0.2, 0) is 0 Å². The minimum absolute atomic E-state index is 0.587. The third-order valence-corrected chi connectivity index (χ3v) is 12.7. The van der Waals surface area contributed by atoms with E-state index >= 15 is 0 Å². The van der Waals surface area contributed by atoms with Gasteiger partial charge in [0.1, 0.15) is 0 Å². The normalized spacial score (nSPS) is 11.3. The summed E-state index contributed by atoms with van der Waals surface area (Å²) < 4.78 is 0. The van der Waals surface area contributed by atoms with Gasteiger partial charge in [-0.1, -0.05) is 206 Å². The molecule has 12 rings (SSSR count). The lowest BCUT2D eigenvalue weighted by atomic mass is 9.89. The smallest absolute Gasteiger partial charge is 0.187 e. The van der Waals surface area contributed by atoms with Crippen LogP contribution in [0.3, 0.4) is 0 Å². The van der Waals surface area contributed by atoms with Gasteiger partial charge in [-0.05, 0) is 112 Å². The predicted molar refractivity (Wildman–Crippen MR) is 274 cm³/mol. The van der Waals surface area contributed by atoms with E-state index in [9.17, 15) is 0 Å². The van der Waals surface area contributed by atoms with E-state index in [1.165, 1.54) is 37.9 Å². The third kappa shape index (κ3) is 6.93. The Morgan fingerprint density at radius 2 is 0.758 bits per heavy atom. The SMILES string of the molecule is [C-]#[N+]c1ccc(-c2cccc(-c3cccc4ccc5ccccc5c34)c2)c(-c2cccc(-c3ccccc3-c3nc(-c4ccccc4)nc(-c4ccc5ccc6ccccc6c5c4)n3)c2)c1. The van der Waals surface area contributed by atoms with Gasteiger partial charge in [-0.25, -0.2) is 19.8 Å². The second-order valence-electron chi connectivity index (χ2n) is 16.6. The maximum Gasteiger partial charge on any atom is 0.187 e. The van der Waals surface area contributed by atoms with Crippen molar-refractivity contribution in [2.45, 2.75) is 0 Å². The van der Waals surface area contributed by atoms with Crippen LogP contribution >= 0.6 is 0 Å². The molecule has 0 bridgehead atoms. The molecule has 0 saturated heterocycles. The number of benzene rings is 11. The summed E-state index contributed by atoms with van der Waals surface area (Å²) in [7, 11) is 0. The van der Waals surface area contributed by atoms with Gasteiger partial charge in [0.25, 0.3) is 0 Å². The van der Waals surface area contributed by atoms with Gasteiger partial charge in [-0.3, -0.25) is 0 Å². The van der Waals surface area contributed by atoms with Crippen LogP contribution in [0.2, 0.25) is 0 Å². The highest BCUT2D eigenvalue weighted by atomic mass is 15.0. The van der Waals surface area contributed by atoms with Crippen molar-refractivity contribution in [1.82, 2.24) is 15.0 Å². The first-order chi connectivity index (χ1) is 32.6. The van der Waals surface area contributed by atoms with E-state index in [-0.39, 0.29) is 0 Å². The summed E-state index contributed by atoms with van der Waals surface area (Å²) in [6.45, 7) is 8.01. The lowest BCUT2D eigenvalue weighted by molar-refractivity contribution is 1.07. The van der Waals surface area contributed by atoms with E-state index in [0.717, 1.165) is 66.4 Å². The Labute approximate surface area is 382 Å². The van der Waals surface area contributed by atoms with E-state index in [4.69, 9.17) is 21.5 Å². The molecule has 0 spiro atoms. The fourth-order valence-electron chi connectivity index (χ4n) is 9.51. The molecule has 11 aromatic carbocycles. The third-order valence-electron chi connectivity index (χ3n) is 12.7. The molecule has 0 saturated carbocycles. The molecule has 1 heterocycles. The second kappa shape index (κ2) is 16.3. The molecule has 0 aliphatic rings. The summed E-state index contributed by atoms with van der Waals surface area (Å²) in [5.41, 5.74) is 11.8. The van der Waals surface area contributed by atoms with Crippen LogP contribution in [-0.4, -0.2) is 15.0 Å². The molecule has 0 aliphatic heterocycles. The van der Waals surface area contributed by atoms with Gasteiger partial charge in [0.05, 0.1) is 6.57 Å². The molecule has 12 aromatic rings. The van der Waals surface area contributed by atoms with Crippen molar-refractivity contribution >= 4 is 48.8 Å². The van der Waals surface area contributed by atoms with Gasteiger partial charge >= 0.3 is 0 Å².